The quantitative estimate of drug-likeness (QED) is 0.464. The first-order valence-electron chi connectivity index (χ1n) is 8.82. The lowest BCUT2D eigenvalue weighted by atomic mass is 10.2. The monoisotopic (exact) mass is 379 g/mol. The topological polar surface area (TPSA) is 93.4 Å². The molecule has 1 N–H and O–H groups in total. The van der Waals surface area contributed by atoms with E-state index in [9.17, 15) is 10.1 Å². The van der Waals surface area contributed by atoms with Gasteiger partial charge in [0.1, 0.15) is 12.1 Å². The van der Waals surface area contributed by atoms with Crippen LogP contribution in [-0.4, -0.2) is 28.5 Å². The molecule has 0 atom stereocenters. The Bertz CT molecular complexity index is 932. The Morgan fingerprint density at radius 2 is 1.82 bits per heavy atom. The van der Waals surface area contributed by atoms with Gasteiger partial charge in [0, 0.05) is 19.3 Å². The zero-order valence-corrected chi connectivity index (χ0v) is 15.7. The first kappa shape index (κ1) is 19.1. The van der Waals surface area contributed by atoms with Crippen LogP contribution in [0.5, 0.6) is 5.75 Å². The Morgan fingerprint density at radius 1 is 1.11 bits per heavy atom. The lowest BCUT2D eigenvalue weighted by molar-refractivity contribution is -0.383. The lowest BCUT2D eigenvalue weighted by Gasteiger charge is -2.19. The SMILES string of the molecule is CCOc1ccc(Nc2ncnc(N(C)Cc3ccccc3)c2[N+](=O)[O-])cc1. The summed E-state index contributed by atoms with van der Waals surface area (Å²) in [4.78, 5) is 21.3. The van der Waals surface area contributed by atoms with Crippen molar-refractivity contribution in [3.8, 4) is 5.75 Å². The second-order valence-corrected chi connectivity index (χ2v) is 6.08. The Kier molecular flexibility index (Phi) is 6.01. The van der Waals surface area contributed by atoms with E-state index in [0.29, 0.717) is 18.8 Å². The molecule has 0 spiro atoms. The minimum absolute atomic E-state index is 0.138. The van der Waals surface area contributed by atoms with Gasteiger partial charge in [0.2, 0.25) is 11.6 Å². The minimum atomic E-state index is -0.465. The molecular formula is C20H21N5O3. The highest BCUT2D eigenvalue weighted by atomic mass is 16.6. The zero-order valence-electron chi connectivity index (χ0n) is 15.7. The van der Waals surface area contributed by atoms with Crippen LogP contribution in [0.3, 0.4) is 0 Å². The fraction of sp³-hybridized carbons (Fsp3) is 0.200. The van der Waals surface area contributed by atoms with Gasteiger partial charge in [0.05, 0.1) is 11.5 Å². The molecule has 1 heterocycles. The van der Waals surface area contributed by atoms with Crippen LogP contribution in [0.15, 0.2) is 60.9 Å². The number of aromatic nitrogens is 2. The van der Waals surface area contributed by atoms with Gasteiger partial charge >= 0.3 is 5.69 Å². The highest BCUT2D eigenvalue weighted by Crippen LogP contribution is 2.33. The maximum absolute atomic E-state index is 11.8. The normalized spacial score (nSPS) is 10.4. The molecule has 8 nitrogen and oxygen atoms in total. The molecule has 28 heavy (non-hydrogen) atoms. The van der Waals surface area contributed by atoms with E-state index in [0.717, 1.165) is 11.3 Å². The van der Waals surface area contributed by atoms with Crippen molar-refractivity contribution in [1.82, 2.24) is 9.97 Å². The molecule has 0 unspecified atom stereocenters. The number of nitrogens with zero attached hydrogens (tertiary/aromatic N) is 4. The van der Waals surface area contributed by atoms with Crippen molar-refractivity contribution in [1.29, 1.82) is 0 Å². The predicted octanol–water partition coefficient (Wildman–Crippen LogP) is 4.16. The minimum Gasteiger partial charge on any atom is -0.494 e. The molecule has 3 rings (SSSR count). The van der Waals surface area contributed by atoms with Crippen LogP contribution in [0.1, 0.15) is 12.5 Å². The molecule has 0 aliphatic rings. The van der Waals surface area contributed by atoms with Crippen LogP contribution in [0.2, 0.25) is 0 Å². The van der Waals surface area contributed by atoms with Crippen LogP contribution in [0.4, 0.5) is 23.0 Å². The first-order chi connectivity index (χ1) is 13.6. The number of nitro groups is 1. The molecule has 0 amide bonds. The van der Waals surface area contributed by atoms with Crippen molar-refractivity contribution in [3.63, 3.8) is 0 Å². The van der Waals surface area contributed by atoms with Crippen molar-refractivity contribution in [2.75, 3.05) is 23.9 Å². The van der Waals surface area contributed by atoms with Crippen molar-refractivity contribution < 1.29 is 9.66 Å². The zero-order chi connectivity index (χ0) is 19.9. The second-order valence-electron chi connectivity index (χ2n) is 6.08. The van der Waals surface area contributed by atoms with E-state index >= 15 is 0 Å². The molecule has 0 aliphatic heterocycles. The van der Waals surface area contributed by atoms with Gasteiger partial charge in [-0.1, -0.05) is 30.3 Å². The Balaban J connectivity index is 1.87. The van der Waals surface area contributed by atoms with E-state index in [1.54, 1.807) is 36.2 Å². The summed E-state index contributed by atoms with van der Waals surface area (Å²) in [6.07, 6.45) is 1.32. The Morgan fingerprint density at radius 3 is 2.46 bits per heavy atom. The van der Waals surface area contributed by atoms with Crippen LogP contribution in [-0.2, 0) is 6.54 Å². The van der Waals surface area contributed by atoms with Crippen molar-refractivity contribution >= 4 is 23.0 Å². The van der Waals surface area contributed by atoms with Gasteiger partial charge in [-0.25, -0.2) is 9.97 Å². The molecule has 0 radical (unpaired) electrons. The number of hydrogen-bond donors (Lipinski definition) is 1. The summed E-state index contributed by atoms with van der Waals surface area (Å²) in [7, 11) is 1.77. The third-order valence-electron chi connectivity index (χ3n) is 4.04. The van der Waals surface area contributed by atoms with E-state index in [-0.39, 0.29) is 17.3 Å². The molecule has 3 aromatic rings. The third-order valence-corrected chi connectivity index (χ3v) is 4.04. The molecule has 0 aliphatic carbocycles. The maximum atomic E-state index is 11.8. The Hall–Kier alpha value is -3.68. The first-order valence-corrected chi connectivity index (χ1v) is 8.82. The average molecular weight is 379 g/mol. The number of anilines is 3. The fourth-order valence-corrected chi connectivity index (χ4v) is 2.78. The summed E-state index contributed by atoms with van der Waals surface area (Å²) < 4.78 is 5.41. The number of nitrogens with one attached hydrogen (secondary N) is 1. The summed E-state index contributed by atoms with van der Waals surface area (Å²) in [5.74, 6) is 1.12. The maximum Gasteiger partial charge on any atom is 0.353 e. The summed E-state index contributed by atoms with van der Waals surface area (Å²) in [5.41, 5.74) is 1.52. The van der Waals surface area contributed by atoms with Crippen molar-refractivity contribution in [2.45, 2.75) is 13.5 Å². The summed E-state index contributed by atoms with van der Waals surface area (Å²) in [6, 6.07) is 16.9. The second kappa shape index (κ2) is 8.81. The van der Waals surface area contributed by atoms with E-state index in [2.05, 4.69) is 15.3 Å². The van der Waals surface area contributed by atoms with Crippen molar-refractivity contribution in [2.24, 2.45) is 0 Å². The molecule has 1 aromatic heterocycles. The fourth-order valence-electron chi connectivity index (χ4n) is 2.78. The van der Waals surface area contributed by atoms with Gasteiger partial charge in [-0.3, -0.25) is 10.1 Å². The van der Waals surface area contributed by atoms with Gasteiger partial charge in [0.15, 0.2) is 0 Å². The van der Waals surface area contributed by atoms with Gasteiger partial charge < -0.3 is 15.0 Å². The van der Waals surface area contributed by atoms with Gasteiger partial charge in [-0.05, 0) is 36.8 Å². The van der Waals surface area contributed by atoms with E-state index < -0.39 is 4.92 Å². The van der Waals surface area contributed by atoms with E-state index in [1.165, 1.54) is 6.33 Å². The standard InChI is InChI=1S/C20H21N5O3/c1-3-28-17-11-9-16(10-12-17)23-19-18(25(26)27)20(22-14-21-19)24(2)13-15-7-5-4-6-8-15/h4-12,14H,3,13H2,1-2H3,(H,21,22,23). The summed E-state index contributed by atoms with van der Waals surface area (Å²) >= 11 is 0. The van der Waals surface area contributed by atoms with Crippen LogP contribution < -0.4 is 15.0 Å². The van der Waals surface area contributed by atoms with Gasteiger partial charge in [0.25, 0.3) is 0 Å². The molecule has 0 bridgehead atoms. The van der Waals surface area contributed by atoms with Gasteiger partial charge in [-0.15, -0.1) is 0 Å². The summed E-state index contributed by atoms with van der Waals surface area (Å²) in [5, 5.41) is 14.8. The molecule has 0 saturated heterocycles. The van der Waals surface area contributed by atoms with Gasteiger partial charge in [-0.2, -0.15) is 0 Å². The summed E-state index contributed by atoms with van der Waals surface area (Å²) in [6.45, 7) is 2.96. The Labute approximate surface area is 163 Å². The van der Waals surface area contributed by atoms with Crippen LogP contribution in [0.25, 0.3) is 0 Å². The molecule has 144 valence electrons. The average Bonchev–Trinajstić information content (AvgIpc) is 2.70. The number of hydrogen-bond acceptors (Lipinski definition) is 7. The smallest absolute Gasteiger partial charge is 0.353 e. The molecular weight excluding hydrogens is 358 g/mol. The van der Waals surface area contributed by atoms with Crippen LogP contribution >= 0.6 is 0 Å². The third kappa shape index (κ3) is 4.53. The largest absolute Gasteiger partial charge is 0.494 e. The predicted molar refractivity (Wildman–Crippen MR) is 108 cm³/mol. The molecule has 0 fully saturated rings. The molecule has 2 aromatic carbocycles. The number of benzene rings is 2. The van der Waals surface area contributed by atoms with Crippen molar-refractivity contribution in [3.05, 3.63) is 76.6 Å². The number of ether oxygens (including phenoxy) is 1. The van der Waals surface area contributed by atoms with E-state index in [4.69, 9.17) is 4.74 Å². The lowest BCUT2D eigenvalue weighted by Crippen LogP contribution is -2.20. The molecule has 0 saturated carbocycles. The highest BCUT2D eigenvalue weighted by Gasteiger charge is 2.25. The van der Waals surface area contributed by atoms with Crippen LogP contribution in [0, 0.1) is 10.1 Å². The highest BCUT2D eigenvalue weighted by molar-refractivity contribution is 5.74. The number of rotatable bonds is 8. The van der Waals surface area contributed by atoms with E-state index in [1.807, 2.05) is 37.3 Å². The molecule has 8 heteroatoms.